The quantitative estimate of drug-likeness (QED) is 0.689. The fourth-order valence-corrected chi connectivity index (χ4v) is 2.24. The second kappa shape index (κ2) is 7.28. The van der Waals surface area contributed by atoms with Gasteiger partial charge in [0.2, 0.25) is 0 Å². The maximum atomic E-state index is 12.4. The van der Waals surface area contributed by atoms with Crippen molar-refractivity contribution in [1.29, 1.82) is 5.26 Å². The van der Waals surface area contributed by atoms with Crippen molar-refractivity contribution in [2.45, 2.75) is 13.8 Å². The Kier molecular flexibility index (Phi) is 5.16. The molecule has 0 bridgehead atoms. The van der Waals surface area contributed by atoms with Crippen molar-refractivity contribution in [2.75, 3.05) is 12.4 Å². The third-order valence-electron chi connectivity index (χ3n) is 3.49. The lowest BCUT2D eigenvalue weighted by Crippen LogP contribution is -2.15. The average molecular weight is 306 g/mol. The number of ether oxygens (including phenoxy) is 1. The van der Waals surface area contributed by atoms with Gasteiger partial charge in [0.05, 0.1) is 7.11 Å². The molecule has 0 aromatic heterocycles. The predicted molar refractivity (Wildman–Crippen MR) is 91.1 cm³/mol. The molecule has 0 heterocycles. The van der Waals surface area contributed by atoms with Crippen LogP contribution in [-0.4, -0.2) is 13.0 Å². The molecule has 2 rings (SSSR count). The Bertz CT molecular complexity index is 781. The monoisotopic (exact) mass is 306 g/mol. The van der Waals surface area contributed by atoms with Crippen LogP contribution in [0.2, 0.25) is 0 Å². The average Bonchev–Trinajstić information content (AvgIpc) is 2.56. The standard InChI is InChI=1S/C19H18N2O2/c1-13-6-4-7-14(2)18(13)21-19(22)16(12-20)10-15-8-5-9-17(11-15)23-3/h4-11H,1-3H3,(H,21,22)/b16-10+. The number of carbonyl (C=O) groups is 1. The Morgan fingerprint density at radius 3 is 2.43 bits per heavy atom. The highest BCUT2D eigenvalue weighted by atomic mass is 16.5. The highest BCUT2D eigenvalue weighted by Crippen LogP contribution is 2.21. The van der Waals surface area contributed by atoms with Crippen molar-refractivity contribution < 1.29 is 9.53 Å². The lowest BCUT2D eigenvalue weighted by atomic mass is 10.1. The van der Waals surface area contributed by atoms with E-state index in [-0.39, 0.29) is 5.57 Å². The summed E-state index contributed by atoms with van der Waals surface area (Å²) in [6.45, 7) is 3.83. The second-order valence-corrected chi connectivity index (χ2v) is 5.17. The minimum atomic E-state index is -0.423. The summed E-state index contributed by atoms with van der Waals surface area (Å²) in [6.07, 6.45) is 1.55. The first-order chi connectivity index (χ1) is 11.0. The van der Waals surface area contributed by atoms with Gasteiger partial charge in [0.25, 0.3) is 5.91 Å². The molecule has 2 aromatic rings. The number of nitrogens with one attached hydrogen (secondary N) is 1. The van der Waals surface area contributed by atoms with Gasteiger partial charge in [-0.3, -0.25) is 4.79 Å². The first-order valence-corrected chi connectivity index (χ1v) is 7.18. The van der Waals surface area contributed by atoms with Crippen molar-refractivity contribution in [1.82, 2.24) is 0 Å². The summed E-state index contributed by atoms with van der Waals surface area (Å²) < 4.78 is 5.14. The number of carbonyl (C=O) groups excluding carboxylic acids is 1. The van der Waals surface area contributed by atoms with Gasteiger partial charge in [-0.1, -0.05) is 30.3 Å². The summed E-state index contributed by atoms with van der Waals surface area (Å²) in [6, 6.07) is 14.9. The summed E-state index contributed by atoms with van der Waals surface area (Å²) in [5, 5.41) is 12.1. The molecule has 1 N–H and O–H groups in total. The van der Waals surface area contributed by atoms with Crippen LogP contribution in [0.15, 0.2) is 48.0 Å². The van der Waals surface area contributed by atoms with E-state index in [0.717, 1.165) is 22.4 Å². The molecule has 0 aliphatic rings. The van der Waals surface area contributed by atoms with Crippen LogP contribution in [0.3, 0.4) is 0 Å². The van der Waals surface area contributed by atoms with E-state index in [2.05, 4.69) is 5.32 Å². The van der Waals surface area contributed by atoms with Crippen molar-refractivity contribution in [3.05, 3.63) is 64.7 Å². The molecule has 0 saturated carbocycles. The first kappa shape index (κ1) is 16.3. The molecule has 1 amide bonds. The largest absolute Gasteiger partial charge is 0.497 e. The highest BCUT2D eigenvalue weighted by molar-refractivity contribution is 6.10. The Balaban J connectivity index is 2.28. The van der Waals surface area contributed by atoms with E-state index in [1.165, 1.54) is 0 Å². The van der Waals surface area contributed by atoms with Gasteiger partial charge in [0, 0.05) is 5.69 Å². The van der Waals surface area contributed by atoms with Gasteiger partial charge in [-0.2, -0.15) is 5.26 Å². The molecule has 0 unspecified atom stereocenters. The van der Waals surface area contributed by atoms with E-state index < -0.39 is 5.91 Å². The number of methoxy groups -OCH3 is 1. The number of hydrogen-bond donors (Lipinski definition) is 1. The fourth-order valence-electron chi connectivity index (χ4n) is 2.24. The molecule has 23 heavy (non-hydrogen) atoms. The Hall–Kier alpha value is -3.06. The topological polar surface area (TPSA) is 62.1 Å². The fraction of sp³-hybridized carbons (Fsp3) is 0.158. The van der Waals surface area contributed by atoms with E-state index >= 15 is 0 Å². The normalized spacial score (nSPS) is 10.8. The zero-order valence-corrected chi connectivity index (χ0v) is 13.4. The number of anilines is 1. The SMILES string of the molecule is COc1cccc(/C=C(\C#N)C(=O)Nc2c(C)cccc2C)c1. The van der Waals surface area contributed by atoms with Crippen LogP contribution in [0.1, 0.15) is 16.7 Å². The van der Waals surface area contributed by atoms with E-state index in [1.54, 1.807) is 25.3 Å². The van der Waals surface area contributed by atoms with Crippen LogP contribution in [0.25, 0.3) is 6.08 Å². The van der Waals surface area contributed by atoms with Crippen molar-refractivity contribution in [2.24, 2.45) is 0 Å². The molecule has 4 nitrogen and oxygen atoms in total. The van der Waals surface area contributed by atoms with Gasteiger partial charge in [0.15, 0.2) is 0 Å². The summed E-state index contributed by atoms with van der Waals surface area (Å²) >= 11 is 0. The Morgan fingerprint density at radius 2 is 1.83 bits per heavy atom. The summed E-state index contributed by atoms with van der Waals surface area (Å²) in [4.78, 5) is 12.4. The zero-order valence-electron chi connectivity index (χ0n) is 13.4. The number of para-hydroxylation sites is 1. The predicted octanol–water partition coefficient (Wildman–Crippen LogP) is 3.86. The van der Waals surface area contributed by atoms with Gasteiger partial charge in [-0.25, -0.2) is 0 Å². The van der Waals surface area contributed by atoms with Gasteiger partial charge in [-0.05, 0) is 48.7 Å². The third-order valence-corrected chi connectivity index (χ3v) is 3.49. The number of nitrogens with zero attached hydrogens (tertiary/aromatic N) is 1. The molecular formula is C19H18N2O2. The van der Waals surface area contributed by atoms with E-state index in [0.29, 0.717) is 5.75 Å². The van der Waals surface area contributed by atoms with Crippen molar-refractivity contribution in [3.8, 4) is 11.8 Å². The number of nitriles is 1. The molecule has 0 fully saturated rings. The second-order valence-electron chi connectivity index (χ2n) is 5.17. The van der Waals surface area contributed by atoms with Crippen LogP contribution < -0.4 is 10.1 Å². The van der Waals surface area contributed by atoms with E-state index in [4.69, 9.17) is 4.74 Å². The number of amides is 1. The van der Waals surface area contributed by atoms with Crippen molar-refractivity contribution in [3.63, 3.8) is 0 Å². The maximum Gasteiger partial charge on any atom is 0.266 e. The Morgan fingerprint density at radius 1 is 1.17 bits per heavy atom. The molecule has 0 spiro atoms. The first-order valence-electron chi connectivity index (χ1n) is 7.18. The molecular weight excluding hydrogens is 288 g/mol. The van der Waals surface area contributed by atoms with Crippen LogP contribution in [-0.2, 0) is 4.79 Å². The summed E-state index contributed by atoms with van der Waals surface area (Å²) in [5.41, 5.74) is 3.43. The van der Waals surface area contributed by atoms with Crippen LogP contribution in [0.4, 0.5) is 5.69 Å². The Labute approximate surface area is 136 Å². The van der Waals surface area contributed by atoms with Crippen LogP contribution in [0.5, 0.6) is 5.75 Å². The lowest BCUT2D eigenvalue weighted by molar-refractivity contribution is -0.112. The molecule has 2 aromatic carbocycles. The summed E-state index contributed by atoms with van der Waals surface area (Å²) in [7, 11) is 1.57. The van der Waals surface area contributed by atoms with Crippen LogP contribution >= 0.6 is 0 Å². The van der Waals surface area contributed by atoms with Crippen LogP contribution in [0, 0.1) is 25.2 Å². The van der Waals surface area contributed by atoms with Crippen molar-refractivity contribution >= 4 is 17.7 Å². The zero-order chi connectivity index (χ0) is 16.8. The number of hydrogen-bond acceptors (Lipinski definition) is 3. The van der Waals surface area contributed by atoms with Gasteiger partial charge < -0.3 is 10.1 Å². The lowest BCUT2D eigenvalue weighted by Gasteiger charge is -2.11. The molecule has 0 radical (unpaired) electrons. The van der Waals surface area contributed by atoms with E-state index in [9.17, 15) is 10.1 Å². The molecule has 0 saturated heterocycles. The molecule has 0 aliphatic carbocycles. The van der Waals surface area contributed by atoms with Gasteiger partial charge in [-0.15, -0.1) is 0 Å². The van der Waals surface area contributed by atoms with Gasteiger partial charge in [0.1, 0.15) is 17.4 Å². The maximum absolute atomic E-state index is 12.4. The van der Waals surface area contributed by atoms with Gasteiger partial charge >= 0.3 is 0 Å². The molecule has 0 atom stereocenters. The third kappa shape index (κ3) is 3.98. The summed E-state index contributed by atoms with van der Waals surface area (Å²) in [5.74, 6) is 0.249. The molecule has 116 valence electrons. The number of benzene rings is 2. The number of rotatable bonds is 4. The minimum Gasteiger partial charge on any atom is -0.497 e. The molecule has 0 aliphatic heterocycles. The molecule has 4 heteroatoms. The smallest absolute Gasteiger partial charge is 0.266 e. The number of aryl methyl sites for hydroxylation is 2. The highest BCUT2D eigenvalue weighted by Gasteiger charge is 2.12. The minimum absolute atomic E-state index is 0.0425. The van der Waals surface area contributed by atoms with E-state index in [1.807, 2.05) is 50.2 Å².